The van der Waals surface area contributed by atoms with E-state index in [0.717, 1.165) is 26.1 Å². The smallest absolute Gasteiger partial charge is 0.168 e. The summed E-state index contributed by atoms with van der Waals surface area (Å²) >= 11 is 0. The summed E-state index contributed by atoms with van der Waals surface area (Å²) in [5.41, 5.74) is 0. The Kier molecular flexibility index (Phi) is 2.61. The molecule has 0 amide bonds. The highest BCUT2D eigenvalue weighted by molar-refractivity contribution is 4.80. The monoisotopic (exact) mass is 184 g/mol. The van der Waals surface area contributed by atoms with Crippen molar-refractivity contribution in [2.24, 2.45) is 11.8 Å². The predicted molar refractivity (Wildman–Crippen MR) is 51.4 cm³/mol. The fourth-order valence-corrected chi connectivity index (χ4v) is 2.14. The lowest BCUT2D eigenvalue weighted by atomic mass is 9.98. The normalized spacial score (nSPS) is 39.2. The van der Waals surface area contributed by atoms with Gasteiger partial charge in [-0.2, -0.15) is 0 Å². The van der Waals surface area contributed by atoms with Gasteiger partial charge in [-0.25, -0.2) is 0 Å². The van der Waals surface area contributed by atoms with Crippen molar-refractivity contribution in [2.45, 2.75) is 45.3 Å². The van der Waals surface area contributed by atoms with Crippen molar-refractivity contribution in [3.63, 3.8) is 0 Å². The molecule has 1 spiro atoms. The Balaban J connectivity index is 2.00. The molecule has 2 unspecified atom stereocenters. The Hall–Kier alpha value is -0.0800. The molecule has 2 aliphatic rings. The molecule has 1 heterocycles. The first-order chi connectivity index (χ1) is 6.22. The van der Waals surface area contributed by atoms with Crippen molar-refractivity contribution in [1.82, 2.24) is 0 Å². The van der Waals surface area contributed by atoms with Gasteiger partial charge in [-0.1, -0.05) is 13.8 Å². The average Bonchev–Trinajstić information content (AvgIpc) is 2.54. The van der Waals surface area contributed by atoms with E-state index in [1.54, 1.807) is 0 Å². The number of hydrogen-bond acceptors (Lipinski definition) is 2. The van der Waals surface area contributed by atoms with Crippen LogP contribution in [0.3, 0.4) is 0 Å². The summed E-state index contributed by atoms with van der Waals surface area (Å²) in [6.45, 7) is 6.26. The number of hydrogen-bond donors (Lipinski definition) is 0. The van der Waals surface area contributed by atoms with E-state index in [-0.39, 0.29) is 5.79 Å². The topological polar surface area (TPSA) is 18.5 Å². The Morgan fingerprint density at radius 3 is 1.85 bits per heavy atom. The molecule has 0 N–H and O–H groups in total. The molecule has 1 saturated heterocycles. The second kappa shape index (κ2) is 3.58. The maximum atomic E-state index is 5.91. The lowest BCUT2D eigenvalue weighted by Crippen LogP contribution is -2.31. The molecule has 13 heavy (non-hydrogen) atoms. The number of rotatable bonds is 0. The first kappa shape index (κ1) is 9.47. The summed E-state index contributed by atoms with van der Waals surface area (Å²) in [6.07, 6.45) is 4.74. The fourth-order valence-electron chi connectivity index (χ4n) is 2.14. The zero-order valence-electron chi connectivity index (χ0n) is 8.71. The summed E-state index contributed by atoms with van der Waals surface area (Å²) in [5.74, 6) is 1.10. The van der Waals surface area contributed by atoms with Crippen molar-refractivity contribution in [3.05, 3.63) is 0 Å². The van der Waals surface area contributed by atoms with Crippen LogP contribution in [0, 0.1) is 11.8 Å². The van der Waals surface area contributed by atoms with Crippen molar-refractivity contribution >= 4 is 0 Å². The van der Waals surface area contributed by atoms with Gasteiger partial charge in [0.05, 0.1) is 13.2 Å². The minimum absolute atomic E-state index is 0.182. The summed E-state index contributed by atoms with van der Waals surface area (Å²) < 4.78 is 11.8. The molecule has 0 aromatic heterocycles. The zero-order chi connectivity index (χ0) is 9.31. The van der Waals surface area contributed by atoms with Crippen LogP contribution in [-0.4, -0.2) is 19.0 Å². The minimum Gasteiger partial charge on any atom is -0.350 e. The Bertz CT molecular complexity index is 159. The van der Waals surface area contributed by atoms with Crippen LogP contribution in [0.25, 0.3) is 0 Å². The van der Waals surface area contributed by atoms with Gasteiger partial charge in [-0.3, -0.25) is 0 Å². The van der Waals surface area contributed by atoms with Gasteiger partial charge in [0.25, 0.3) is 0 Å². The van der Waals surface area contributed by atoms with Gasteiger partial charge in [-0.15, -0.1) is 0 Å². The van der Waals surface area contributed by atoms with Gasteiger partial charge in [0.1, 0.15) is 0 Å². The quantitative estimate of drug-likeness (QED) is 0.576. The van der Waals surface area contributed by atoms with Gasteiger partial charge in [0, 0.05) is 12.8 Å². The van der Waals surface area contributed by atoms with Crippen LogP contribution in [0.5, 0.6) is 0 Å². The molecule has 0 aromatic rings. The zero-order valence-corrected chi connectivity index (χ0v) is 8.71. The van der Waals surface area contributed by atoms with E-state index in [9.17, 15) is 0 Å². The van der Waals surface area contributed by atoms with Crippen LogP contribution < -0.4 is 0 Å². The first-order valence-electron chi connectivity index (χ1n) is 5.50. The molecule has 2 nitrogen and oxygen atoms in total. The molecule has 2 atom stereocenters. The van der Waals surface area contributed by atoms with E-state index in [0.29, 0.717) is 11.8 Å². The van der Waals surface area contributed by atoms with Gasteiger partial charge in [0.2, 0.25) is 0 Å². The molecule has 1 aliphatic heterocycles. The van der Waals surface area contributed by atoms with Crippen molar-refractivity contribution in [3.8, 4) is 0 Å². The third kappa shape index (κ3) is 1.89. The lowest BCUT2D eigenvalue weighted by Gasteiger charge is -2.27. The van der Waals surface area contributed by atoms with Gasteiger partial charge >= 0.3 is 0 Å². The molecule has 2 fully saturated rings. The van der Waals surface area contributed by atoms with E-state index in [1.807, 2.05) is 0 Å². The summed E-state index contributed by atoms with van der Waals surface area (Å²) in [6, 6.07) is 0. The van der Waals surface area contributed by atoms with E-state index in [4.69, 9.17) is 9.47 Å². The average molecular weight is 184 g/mol. The molecular formula is C11H20O2. The second-order valence-corrected chi connectivity index (χ2v) is 4.69. The van der Waals surface area contributed by atoms with Gasteiger partial charge in [-0.05, 0) is 24.7 Å². The molecule has 0 radical (unpaired) electrons. The molecule has 0 aromatic carbocycles. The van der Waals surface area contributed by atoms with E-state index >= 15 is 0 Å². The fraction of sp³-hybridized carbons (Fsp3) is 1.00. The van der Waals surface area contributed by atoms with Crippen LogP contribution in [0.4, 0.5) is 0 Å². The molecule has 2 rings (SSSR count). The predicted octanol–water partition coefficient (Wildman–Crippen LogP) is 2.58. The first-order valence-corrected chi connectivity index (χ1v) is 5.50. The maximum absolute atomic E-state index is 5.91. The lowest BCUT2D eigenvalue weighted by molar-refractivity contribution is -0.222. The van der Waals surface area contributed by atoms with E-state index < -0.39 is 0 Å². The van der Waals surface area contributed by atoms with E-state index in [1.165, 1.54) is 12.8 Å². The molecule has 76 valence electrons. The molecule has 0 bridgehead atoms. The summed E-state index contributed by atoms with van der Waals surface area (Å²) in [4.78, 5) is 0. The highest BCUT2D eigenvalue weighted by atomic mass is 16.7. The summed E-state index contributed by atoms with van der Waals surface area (Å²) in [5, 5.41) is 0. The van der Waals surface area contributed by atoms with E-state index in [2.05, 4.69) is 13.8 Å². The SMILES string of the molecule is CC1COC2(CCCC2)OCC1C. The Labute approximate surface area is 80.6 Å². The van der Waals surface area contributed by atoms with Gasteiger partial charge < -0.3 is 9.47 Å². The van der Waals surface area contributed by atoms with Crippen LogP contribution in [0.1, 0.15) is 39.5 Å². The standard InChI is InChI=1S/C11H20O2/c1-9-7-12-11(5-3-4-6-11)13-8-10(9)2/h9-10H,3-8H2,1-2H3. The van der Waals surface area contributed by atoms with Gasteiger partial charge in [0.15, 0.2) is 5.79 Å². The third-order valence-corrected chi connectivity index (χ3v) is 3.56. The Morgan fingerprint density at radius 1 is 0.923 bits per heavy atom. The second-order valence-electron chi connectivity index (χ2n) is 4.69. The highest BCUT2D eigenvalue weighted by Gasteiger charge is 2.39. The van der Waals surface area contributed by atoms with Crippen LogP contribution in [-0.2, 0) is 9.47 Å². The maximum Gasteiger partial charge on any atom is 0.168 e. The highest BCUT2D eigenvalue weighted by Crippen LogP contribution is 2.37. The summed E-state index contributed by atoms with van der Waals surface area (Å²) in [7, 11) is 0. The number of ether oxygens (including phenoxy) is 2. The largest absolute Gasteiger partial charge is 0.350 e. The van der Waals surface area contributed by atoms with Crippen LogP contribution in [0.15, 0.2) is 0 Å². The van der Waals surface area contributed by atoms with Crippen LogP contribution >= 0.6 is 0 Å². The Morgan fingerprint density at radius 2 is 1.38 bits per heavy atom. The molecular weight excluding hydrogens is 164 g/mol. The van der Waals surface area contributed by atoms with Crippen molar-refractivity contribution in [1.29, 1.82) is 0 Å². The molecule has 2 heteroatoms. The third-order valence-electron chi connectivity index (χ3n) is 3.56. The van der Waals surface area contributed by atoms with Crippen molar-refractivity contribution in [2.75, 3.05) is 13.2 Å². The van der Waals surface area contributed by atoms with Crippen molar-refractivity contribution < 1.29 is 9.47 Å². The molecule has 1 saturated carbocycles. The molecule has 1 aliphatic carbocycles. The minimum atomic E-state index is -0.182. The van der Waals surface area contributed by atoms with Crippen LogP contribution in [0.2, 0.25) is 0 Å².